The number of hydrogen-bond acceptors (Lipinski definition) is 2. The second-order valence-corrected chi connectivity index (χ2v) is 6.21. The molecule has 3 aromatic carbocycles. The van der Waals surface area contributed by atoms with E-state index in [-0.39, 0.29) is 5.91 Å². The highest BCUT2D eigenvalue weighted by molar-refractivity contribution is 5.87. The van der Waals surface area contributed by atoms with Crippen molar-refractivity contribution in [1.82, 2.24) is 14.9 Å². The van der Waals surface area contributed by atoms with Crippen LogP contribution in [0.25, 0.3) is 21.8 Å². The molecule has 0 radical (unpaired) electrons. The van der Waals surface area contributed by atoms with Gasteiger partial charge in [0, 0.05) is 6.54 Å². The quantitative estimate of drug-likeness (QED) is 0.557. The Kier molecular flexibility index (Phi) is 4.23. The van der Waals surface area contributed by atoms with Gasteiger partial charge in [-0.1, -0.05) is 55.1 Å². The van der Waals surface area contributed by atoms with Crippen molar-refractivity contribution in [2.45, 2.75) is 13.1 Å². The van der Waals surface area contributed by atoms with Crippen LogP contribution in [0, 0.1) is 0 Å². The highest BCUT2D eigenvalue weighted by Gasteiger charge is 2.11. The first kappa shape index (κ1) is 16.1. The fraction of sp³-hybridized carbons (Fsp3) is 0.0909. The standard InChI is InChI=1S/C22H19N3O/c1-2-22(26)23-14-21-24-19-9-5-6-10-20(19)25(21)15-16-11-12-17-7-3-4-8-18(17)13-16/h2-13H,1,14-15H2,(H,23,26). The number of amides is 1. The lowest BCUT2D eigenvalue weighted by atomic mass is 10.1. The molecule has 26 heavy (non-hydrogen) atoms. The van der Waals surface area contributed by atoms with Crippen LogP contribution in [-0.2, 0) is 17.9 Å². The summed E-state index contributed by atoms with van der Waals surface area (Å²) in [7, 11) is 0. The number of carbonyl (C=O) groups excluding carboxylic acids is 1. The number of nitrogens with zero attached hydrogens (tertiary/aromatic N) is 2. The first-order valence-electron chi connectivity index (χ1n) is 8.57. The van der Waals surface area contributed by atoms with Crippen molar-refractivity contribution in [3.05, 3.63) is 90.8 Å². The molecule has 1 amide bonds. The highest BCUT2D eigenvalue weighted by atomic mass is 16.1. The number of benzene rings is 3. The van der Waals surface area contributed by atoms with Crippen LogP contribution in [0.15, 0.2) is 79.4 Å². The van der Waals surface area contributed by atoms with Crippen LogP contribution in [0.5, 0.6) is 0 Å². The van der Waals surface area contributed by atoms with Crippen molar-refractivity contribution >= 4 is 27.7 Å². The van der Waals surface area contributed by atoms with Gasteiger partial charge in [0.25, 0.3) is 0 Å². The normalized spacial score (nSPS) is 10.9. The van der Waals surface area contributed by atoms with Crippen molar-refractivity contribution in [1.29, 1.82) is 0 Å². The van der Waals surface area contributed by atoms with E-state index >= 15 is 0 Å². The lowest BCUT2D eigenvalue weighted by molar-refractivity contribution is -0.116. The Bertz CT molecular complexity index is 1110. The van der Waals surface area contributed by atoms with Crippen LogP contribution in [0.1, 0.15) is 11.4 Å². The number of hydrogen-bond donors (Lipinski definition) is 1. The van der Waals surface area contributed by atoms with Crippen LogP contribution in [0.2, 0.25) is 0 Å². The first-order valence-corrected chi connectivity index (χ1v) is 8.57. The van der Waals surface area contributed by atoms with E-state index in [0.717, 1.165) is 16.9 Å². The molecule has 0 atom stereocenters. The monoisotopic (exact) mass is 341 g/mol. The Morgan fingerprint density at radius 1 is 1.04 bits per heavy atom. The molecule has 0 aliphatic carbocycles. The summed E-state index contributed by atoms with van der Waals surface area (Å²) in [5.74, 6) is 0.629. The minimum Gasteiger partial charge on any atom is -0.345 e. The maximum atomic E-state index is 11.6. The summed E-state index contributed by atoms with van der Waals surface area (Å²) in [5.41, 5.74) is 3.18. The molecule has 1 heterocycles. The zero-order valence-electron chi connectivity index (χ0n) is 14.4. The fourth-order valence-electron chi connectivity index (χ4n) is 3.19. The molecular formula is C22H19N3O. The molecule has 0 aliphatic rings. The molecule has 128 valence electrons. The van der Waals surface area contributed by atoms with E-state index < -0.39 is 0 Å². The fourth-order valence-corrected chi connectivity index (χ4v) is 3.19. The van der Waals surface area contributed by atoms with Crippen LogP contribution in [0.4, 0.5) is 0 Å². The van der Waals surface area contributed by atoms with Gasteiger partial charge in [0.05, 0.1) is 17.6 Å². The molecule has 4 aromatic rings. The zero-order valence-corrected chi connectivity index (χ0v) is 14.4. The molecule has 0 spiro atoms. The average Bonchev–Trinajstić information content (AvgIpc) is 3.03. The van der Waals surface area contributed by atoms with Gasteiger partial charge < -0.3 is 9.88 Å². The molecule has 0 bridgehead atoms. The number of nitrogens with one attached hydrogen (secondary N) is 1. The summed E-state index contributed by atoms with van der Waals surface area (Å²) in [6, 6.07) is 22.9. The van der Waals surface area contributed by atoms with E-state index in [0.29, 0.717) is 13.1 Å². The number of carbonyl (C=O) groups is 1. The molecule has 4 heteroatoms. The molecular weight excluding hydrogens is 322 g/mol. The topological polar surface area (TPSA) is 46.9 Å². The highest BCUT2D eigenvalue weighted by Crippen LogP contribution is 2.21. The predicted molar refractivity (Wildman–Crippen MR) is 105 cm³/mol. The molecule has 0 aliphatic heterocycles. The molecule has 1 N–H and O–H groups in total. The third-order valence-corrected chi connectivity index (χ3v) is 4.49. The zero-order chi connectivity index (χ0) is 17.9. The van der Waals surface area contributed by atoms with Gasteiger partial charge in [-0.2, -0.15) is 0 Å². The van der Waals surface area contributed by atoms with Gasteiger partial charge in [0.2, 0.25) is 5.91 Å². The van der Waals surface area contributed by atoms with Crippen molar-refractivity contribution in [2.75, 3.05) is 0 Å². The predicted octanol–water partition coefficient (Wildman–Crippen LogP) is 4.04. The SMILES string of the molecule is C=CC(=O)NCc1nc2ccccc2n1Cc1ccc2ccccc2c1. The number of fused-ring (bicyclic) bond motifs is 2. The Hall–Kier alpha value is -3.40. The molecule has 0 fully saturated rings. The van der Waals surface area contributed by atoms with Gasteiger partial charge in [0.15, 0.2) is 0 Å². The maximum Gasteiger partial charge on any atom is 0.243 e. The molecule has 0 unspecified atom stereocenters. The Labute approximate surface area is 151 Å². The van der Waals surface area contributed by atoms with Crippen LogP contribution in [0.3, 0.4) is 0 Å². The van der Waals surface area contributed by atoms with E-state index in [2.05, 4.69) is 58.9 Å². The van der Waals surface area contributed by atoms with Crippen LogP contribution < -0.4 is 5.32 Å². The van der Waals surface area contributed by atoms with Crippen molar-refractivity contribution in [3.63, 3.8) is 0 Å². The van der Waals surface area contributed by atoms with E-state index in [4.69, 9.17) is 4.98 Å². The second-order valence-electron chi connectivity index (χ2n) is 6.21. The van der Waals surface area contributed by atoms with Gasteiger partial charge in [-0.15, -0.1) is 0 Å². The van der Waals surface area contributed by atoms with Crippen molar-refractivity contribution < 1.29 is 4.79 Å². The lowest BCUT2D eigenvalue weighted by Crippen LogP contribution is -2.22. The molecule has 0 saturated carbocycles. The van der Waals surface area contributed by atoms with E-state index in [1.165, 1.54) is 22.4 Å². The summed E-state index contributed by atoms with van der Waals surface area (Å²) in [6.07, 6.45) is 1.27. The van der Waals surface area contributed by atoms with Gasteiger partial charge >= 0.3 is 0 Å². The average molecular weight is 341 g/mol. The summed E-state index contributed by atoms with van der Waals surface area (Å²) in [5, 5.41) is 5.27. The Morgan fingerprint density at radius 3 is 2.65 bits per heavy atom. The summed E-state index contributed by atoms with van der Waals surface area (Å²) < 4.78 is 2.16. The van der Waals surface area contributed by atoms with Crippen molar-refractivity contribution in [3.8, 4) is 0 Å². The Morgan fingerprint density at radius 2 is 1.81 bits per heavy atom. The number of rotatable bonds is 5. The molecule has 1 aromatic heterocycles. The van der Waals surface area contributed by atoms with Crippen molar-refractivity contribution in [2.24, 2.45) is 0 Å². The maximum absolute atomic E-state index is 11.6. The molecule has 4 rings (SSSR count). The van der Waals surface area contributed by atoms with E-state index in [1.807, 2.05) is 24.3 Å². The lowest BCUT2D eigenvalue weighted by Gasteiger charge is -2.11. The molecule has 4 nitrogen and oxygen atoms in total. The molecule has 0 saturated heterocycles. The van der Waals surface area contributed by atoms with Gasteiger partial charge in [-0.3, -0.25) is 4.79 Å². The Balaban J connectivity index is 1.73. The summed E-state index contributed by atoms with van der Waals surface area (Å²) in [4.78, 5) is 16.2. The number of aromatic nitrogens is 2. The van der Waals surface area contributed by atoms with Gasteiger partial charge in [0.1, 0.15) is 5.82 Å². The van der Waals surface area contributed by atoms with Gasteiger partial charge in [-0.25, -0.2) is 4.98 Å². The first-order chi connectivity index (χ1) is 12.7. The third-order valence-electron chi connectivity index (χ3n) is 4.49. The van der Waals surface area contributed by atoms with Crippen LogP contribution in [-0.4, -0.2) is 15.5 Å². The number of imidazole rings is 1. The minimum atomic E-state index is -0.200. The smallest absolute Gasteiger partial charge is 0.243 e. The minimum absolute atomic E-state index is 0.200. The second kappa shape index (κ2) is 6.84. The summed E-state index contributed by atoms with van der Waals surface area (Å²) >= 11 is 0. The van der Waals surface area contributed by atoms with E-state index in [9.17, 15) is 4.79 Å². The van der Waals surface area contributed by atoms with Gasteiger partial charge in [-0.05, 0) is 40.6 Å². The third kappa shape index (κ3) is 3.09. The largest absolute Gasteiger partial charge is 0.345 e. The number of para-hydroxylation sites is 2. The van der Waals surface area contributed by atoms with Crippen LogP contribution >= 0.6 is 0 Å². The summed E-state index contributed by atoms with van der Waals surface area (Å²) in [6.45, 7) is 4.56. The van der Waals surface area contributed by atoms with E-state index in [1.54, 1.807) is 0 Å².